The summed E-state index contributed by atoms with van der Waals surface area (Å²) in [5.74, 6) is -2.47. The Balaban J connectivity index is 2.41. The van der Waals surface area contributed by atoms with Crippen molar-refractivity contribution in [2.24, 2.45) is 5.73 Å². The van der Waals surface area contributed by atoms with Crippen LogP contribution in [0.15, 0.2) is 47.4 Å². The number of halogens is 2. The lowest BCUT2D eigenvalue weighted by Crippen LogP contribution is -2.12. The summed E-state index contributed by atoms with van der Waals surface area (Å²) >= 11 is 5.55. The zero-order chi connectivity index (χ0) is 15.4. The first-order chi connectivity index (χ1) is 9.99. The Kier molecular flexibility index (Phi) is 5.14. The molecule has 110 valence electrons. The predicted octanol–water partition coefficient (Wildman–Crippen LogP) is 4.69. The van der Waals surface area contributed by atoms with Gasteiger partial charge in [0, 0.05) is 10.5 Å². The maximum atomic E-state index is 12.6. The van der Waals surface area contributed by atoms with Crippen LogP contribution in [-0.2, 0) is 0 Å². The van der Waals surface area contributed by atoms with Crippen molar-refractivity contribution in [1.82, 2.24) is 0 Å². The van der Waals surface area contributed by atoms with E-state index in [2.05, 4.69) is 5.32 Å². The number of hydrogen-bond acceptors (Lipinski definition) is 3. The van der Waals surface area contributed by atoms with Crippen LogP contribution in [0.4, 0.5) is 20.2 Å². The molecule has 3 N–H and O–H groups in total. The number of nitrogens with one attached hydrogen (secondary N) is 1. The third-order valence-electron chi connectivity index (χ3n) is 2.90. The number of thioether (sulfide) groups is 1. The van der Waals surface area contributed by atoms with Gasteiger partial charge in [0.15, 0.2) is 0 Å². The van der Waals surface area contributed by atoms with E-state index >= 15 is 0 Å². The van der Waals surface area contributed by atoms with Crippen LogP contribution < -0.4 is 11.1 Å². The van der Waals surface area contributed by atoms with Gasteiger partial charge in [0.25, 0.3) is 5.76 Å². The Morgan fingerprint density at radius 2 is 1.90 bits per heavy atom. The first-order valence-corrected chi connectivity index (χ1v) is 7.48. The molecule has 0 spiro atoms. The molecule has 0 saturated carbocycles. The van der Waals surface area contributed by atoms with Crippen LogP contribution in [0.5, 0.6) is 0 Å². The highest BCUT2D eigenvalue weighted by Crippen LogP contribution is 2.34. The fourth-order valence-electron chi connectivity index (χ4n) is 1.94. The summed E-state index contributed by atoms with van der Waals surface area (Å²) < 4.78 is 25.2. The monoisotopic (exact) mass is 324 g/mol. The maximum absolute atomic E-state index is 12.6. The van der Waals surface area contributed by atoms with Crippen LogP contribution in [0, 0.1) is 6.92 Å². The number of benzene rings is 2. The zero-order valence-electron chi connectivity index (χ0n) is 11.3. The van der Waals surface area contributed by atoms with E-state index in [0.29, 0.717) is 27.9 Å². The number of hydrogen-bond donors (Lipinski definition) is 2. The molecule has 2 rings (SSSR count). The minimum Gasteiger partial charge on any atom is -0.389 e. The van der Waals surface area contributed by atoms with E-state index in [1.54, 1.807) is 30.3 Å². The third kappa shape index (κ3) is 3.92. The van der Waals surface area contributed by atoms with Crippen molar-refractivity contribution in [3.63, 3.8) is 0 Å². The minimum absolute atomic E-state index is 0.264. The average molecular weight is 324 g/mol. The highest BCUT2D eigenvalue weighted by atomic mass is 32.2. The second-order valence-corrected chi connectivity index (χ2v) is 5.83. The predicted molar refractivity (Wildman–Crippen MR) is 88.7 cm³/mol. The molecule has 0 fully saturated rings. The lowest BCUT2D eigenvalue weighted by Gasteiger charge is -2.16. The number of alkyl halides is 2. The van der Waals surface area contributed by atoms with Crippen LogP contribution in [0.3, 0.4) is 0 Å². The van der Waals surface area contributed by atoms with Crippen molar-refractivity contribution in [2.45, 2.75) is 17.6 Å². The highest BCUT2D eigenvalue weighted by molar-refractivity contribution is 7.99. The average Bonchev–Trinajstić information content (AvgIpc) is 2.42. The molecular weight excluding hydrogens is 310 g/mol. The van der Waals surface area contributed by atoms with Gasteiger partial charge in [0.2, 0.25) is 0 Å². The van der Waals surface area contributed by atoms with Crippen molar-refractivity contribution in [3.05, 3.63) is 53.6 Å². The summed E-state index contributed by atoms with van der Waals surface area (Å²) in [5, 5.41) is 3.17. The van der Waals surface area contributed by atoms with Crippen molar-refractivity contribution < 1.29 is 8.78 Å². The largest absolute Gasteiger partial charge is 0.389 e. The molecule has 0 heterocycles. The van der Waals surface area contributed by atoms with Gasteiger partial charge < -0.3 is 11.1 Å². The highest BCUT2D eigenvalue weighted by Gasteiger charge is 2.13. The number of aryl methyl sites for hydroxylation is 1. The van der Waals surface area contributed by atoms with Gasteiger partial charge in [0.1, 0.15) is 4.99 Å². The number of anilines is 2. The maximum Gasteiger partial charge on any atom is 0.288 e. The Hall–Kier alpha value is -1.66. The normalized spacial score (nSPS) is 10.7. The Morgan fingerprint density at radius 1 is 1.19 bits per heavy atom. The Morgan fingerprint density at radius 3 is 2.57 bits per heavy atom. The molecule has 0 saturated heterocycles. The first kappa shape index (κ1) is 15.7. The smallest absolute Gasteiger partial charge is 0.288 e. The molecular formula is C15H14F2N2S2. The van der Waals surface area contributed by atoms with Gasteiger partial charge in [-0.15, -0.1) is 0 Å². The second-order valence-electron chi connectivity index (χ2n) is 4.36. The molecule has 0 atom stereocenters. The minimum atomic E-state index is -2.47. The van der Waals surface area contributed by atoms with Gasteiger partial charge in [0.05, 0.1) is 11.4 Å². The summed E-state index contributed by atoms with van der Waals surface area (Å²) in [6.45, 7) is 1.91. The molecule has 0 bridgehead atoms. The summed E-state index contributed by atoms with van der Waals surface area (Å²) in [6, 6.07) is 12.5. The molecule has 6 heteroatoms. The topological polar surface area (TPSA) is 38.0 Å². The summed E-state index contributed by atoms with van der Waals surface area (Å²) in [5.41, 5.74) is 8.71. The molecule has 2 aromatic rings. The molecule has 0 aromatic heterocycles. The van der Waals surface area contributed by atoms with E-state index in [-0.39, 0.29) is 4.99 Å². The van der Waals surface area contributed by atoms with E-state index in [1.165, 1.54) is 0 Å². The summed E-state index contributed by atoms with van der Waals surface area (Å²) in [6.07, 6.45) is 0. The molecule has 0 amide bonds. The lowest BCUT2D eigenvalue weighted by atomic mass is 10.1. The number of rotatable bonds is 5. The second kappa shape index (κ2) is 6.87. The fraction of sp³-hybridized carbons (Fsp3) is 0.133. The number of thiocarbonyl (C=S) groups is 1. The number of para-hydroxylation sites is 2. The van der Waals surface area contributed by atoms with Gasteiger partial charge in [-0.1, -0.05) is 48.2 Å². The molecule has 2 nitrogen and oxygen atoms in total. The quantitative estimate of drug-likeness (QED) is 0.618. The molecule has 0 unspecified atom stereocenters. The van der Waals surface area contributed by atoms with E-state index < -0.39 is 5.76 Å². The van der Waals surface area contributed by atoms with Crippen molar-refractivity contribution >= 4 is 40.3 Å². The Labute approximate surface area is 131 Å². The summed E-state index contributed by atoms with van der Waals surface area (Å²) in [4.78, 5) is 0.741. The van der Waals surface area contributed by atoms with Gasteiger partial charge >= 0.3 is 0 Å². The van der Waals surface area contributed by atoms with E-state index in [0.717, 1.165) is 11.3 Å². The molecule has 2 aromatic carbocycles. The third-order valence-corrected chi connectivity index (χ3v) is 3.91. The fourth-order valence-corrected chi connectivity index (χ4v) is 2.71. The molecule has 0 radical (unpaired) electrons. The van der Waals surface area contributed by atoms with Crippen molar-refractivity contribution in [2.75, 3.05) is 5.32 Å². The molecule has 0 aliphatic rings. The van der Waals surface area contributed by atoms with Gasteiger partial charge in [-0.05, 0) is 30.7 Å². The lowest BCUT2D eigenvalue weighted by molar-refractivity contribution is 0.252. The molecule has 0 aliphatic carbocycles. The van der Waals surface area contributed by atoms with Crippen molar-refractivity contribution in [1.29, 1.82) is 0 Å². The van der Waals surface area contributed by atoms with E-state index in [4.69, 9.17) is 18.0 Å². The molecule has 21 heavy (non-hydrogen) atoms. The van der Waals surface area contributed by atoms with Gasteiger partial charge in [-0.25, -0.2) is 0 Å². The first-order valence-electron chi connectivity index (χ1n) is 6.19. The van der Waals surface area contributed by atoms with Crippen LogP contribution in [0.2, 0.25) is 0 Å². The zero-order valence-corrected chi connectivity index (χ0v) is 12.9. The van der Waals surface area contributed by atoms with E-state index in [1.807, 2.05) is 19.1 Å². The molecule has 0 aliphatic heterocycles. The van der Waals surface area contributed by atoms with Gasteiger partial charge in [-0.2, -0.15) is 8.78 Å². The SMILES string of the molecule is Cc1cccc(C(N)=S)c1Nc1ccccc1SC(F)F. The Bertz CT molecular complexity index is 660. The number of nitrogens with two attached hydrogens (primary N) is 1. The van der Waals surface area contributed by atoms with Crippen LogP contribution in [-0.4, -0.2) is 10.7 Å². The summed E-state index contributed by atoms with van der Waals surface area (Å²) in [7, 11) is 0. The van der Waals surface area contributed by atoms with Crippen molar-refractivity contribution in [3.8, 4) is 0 Å². The van der Waals surface area contributed by atoms with E-state index in [9.17, 15) is 8.78 Å². The van der Waals surface area contributed by atoms with Crippen LogP contribution >= 0.6 is 24.0 Å². The van der Waals surface area contributed by atoms with Crippen LogP contribution in [0.1, 0.15) is 11.1 Å². The standard InChI is InChI=1S/C15H14F2N2S2/c1-9-5-4-6-10(14(18)20)13(9)19-11-7-2-3-8-12(11)21-15(16)17/h2-8,15,19H,1H3,(H2,18,20). The van der Waals surface area contributed by atoms with Gasteiger partial charge in [-0.3, -0.25) is 0 Å². The van der Waals surface area contributed by atoms with Crippen LogP contribution in [0.25, 0.3) is 0 Å².